The van der Waals surface area contributed by atoms with E-state index in [9.17, 15) is 0 Å². The van der Waals surface area contributed by atoms with Crippen LogP contribution in [0.15, 0.2) is 53.1 Å². The Balaban J connectivity index is 1.64. The Labute approximate surface area is 161 Å². The number of rotatable bonds is 10. The lowest BCUT2D eigenvalue weighted by atomic mass is 10.1. The van der Waals surface area contributed by atoms with Gasteiger partial charge in [0.2, 0.25) is 5.82 Å². The zero-order valence-corrected chi connectivity index (χ0v) is 16.3. The van der Waals surface area contributed by atoms with Crippen molar-refractivity contribution in [1.29, 1.82) is 0 Å². The highest BCUT2D eigenvalue weighted by molar-refractivity contribution is 5.60. The number of aryl methyl sites for hydroxylation is 1. The van der Waals surface area contributed by atoms with E-state index in [2.05, 4.69) is 48.3 Å². The molecule has 0 bridgehead atoms. The Morgan fingerprint density at radius 1 is 0.815 bits per heavy atom. The van der Waals surface area contributed by atoms with Gasteiger partial charge in [0.1, 0.15) is 5.75 Å². The molecule has 0 aliphatic heterocycles. The van der Waals surface area contributed by atoms with Gasteiger partial charge in [-0.2, -0.15) is 4.98 Å². The molecule has 0 aliphatic carbocycles. The third-order valence-corrected chi connectivity index (χ3v) is 4.58. The van der Waals surface area contributed by atoms with Crippen LogP contribution in [0, 0.1) is 0 Å². The molecule has 0 atom stereocenters. The minimum absolute atomic E-state index is 0.525. The van der Waals surface area contributed by atoms with E-state index < -0.39 is 0 Å². The molecule has 27 heavy (non-hydrogen) atoms. The summed E-state index contributed by atoms with van der Waals surface area (Å²) in [4.78, 5) is 4.54. The minimum Gasteiger partial charge on any atom is -0.494 e. The van der Waals surface area contributed by atoms with Gasteiger partial charge in [-0.3, -0.25) is 0 Å². The van der Waals surface area contributed by atoms with Crippen molar-refractivity contribution in [2.75, 3.05) is 6.61 Å². The van der Waals surface area contributed by atoms with Crippen LogP contribution >= 0.6 is 0 Å². The second kappa shape index (κ2) is 9.91. The van der Waals surface area contributed by atoms with Gasteiger partial charge in [-0.1, -0.05) is 62.5 Å². The maximum atomic E-state index is 5.69. The predicted octanol–water partition coefficient (Wildman–Crippen LogP) is 6.32. The summed E-state index contributed by atoms with van der Waals surface area (Å²) in [5, 5.41) is 4.13. The molecule has 0 N–H and O–H groups in total. The summed E-state index contributed by atoms with van der Waals surface area (Å²) >= 11 is 0. The average Bonchev–Trinajstić information content (AvgIpc) is 3.20. The van der Waals surface area contributed by atoms with Crippen LogP contribution in [0.1, 0.15) is 51.5 Å². The summed E-state index contributed by atoms with van der Waals surface area (Å²) in [6.45, 7) is 5.12. The van der Waals surface area contributed by atoms with Crippen LogP contribution in [0.25, 0.3) is 22.8 Å². The van der Waals surface area contributed by atoms with Gasteiger partial charge in [0.15, 0.2) is 0 Å². The van der Waals surface area contributed by atoms with Crippen LogP contribution in [-0.4, -0.2) is 16.7 Å². The monoisotopic (exact) mass is 364 g/mol. The lowest BCUT2D eigenvalue weighted by Crippen LogP contribution is -1.95. The first-order chi connectivity index (χ1) is 13.3. The Morgan fingerprint density at radius 2 is 1.52 bits per heavy atom. The van der Waals surface area contributed by atoms with E-state index in [4.69, 9.17) is 9.26 Å². The van der Waals surface area contributed by atoms with Gasteiger partial charge < -0.3 is 9.26 Å². The standard InChI is InChI=1S/C23H28N2O2/c1-3-5-7-8-18-9-11-19(12-10-18)22-24-23(27-25-22)20-13-15-21(16-14-20)26-17-6-4-2/h9-16H,3-8,17H2,1-2H3. The Hall–Kier alpha value is -2.62. The van der Waals surface area contributed by atoms with Gasteiger partial charge in [0.25, 0.3) is 5.89 Å². The third-order valence-electron chi connectivity index (χ3n) is 4.58. The van der Waals surface area contributed by atoms with Crippen molar-refractivity contribution in [2.45, 2.75) is 52.4 Å². The van der Waals surface area contributed by atoms with E-state index in [1.54, 1.807) is 0 Å². The van der Waals surface area contributed by atoms with Gasteiger partial charge in [-0.15, -0.1) is 0 Å². The van der Waals surface area contributed by atoms with Crippen molar-refractivity contribution >= 4 is 0 Å². The summed E-state index contributed by atoms with van der Waals surface area (Å²) in [6.07, 6.45) is 7.07. The van der Waals surface area contributed by atoms with Crippen molar-refractivity contribution in [1.82, 2.24) is 10.1 Å². The van der Waals surface area contributed by atoms with E-state index in [1.165, 1.54) is 24.8 Å². The van der Waals surface area contributed by atoms with Crippen molar-refractivity contribution in [3.8, 4) is 28.6 Å². The van der Waals surface area contributed by atoms with E-state index in [0.717, 1.165) is 42.7 Å². The van der Waals surface area contributed by atoms with Crippen molar-refractivity contribution in [2.24, 2.45) is 0 Å². The first-order valence-corrected chi connectivity index (χ1v) is 9.96. The maximum absolute atomic E-state index is 5.69. The molecule has 0 saturated heterocycles. The number of hydrogen-bond acceptors (Lipinski definition) is 4. The van der Waals surface area contributed by atoms with Crippen LogP contribution < -0.4 is 4.74 Å². The van der Waals surface area contributed by atoms with E-state index >= 15 is 0 Å². The molecular formula is C23H28N2O2. The highest BCUT2D eigenvalue weighted by Crippen LogP contribution is 2.24. The quantitative estimate of drug-likeness (QED) is 0.395. The SMILES string of the molecule is CCCCCc1ccc(-c2noc(-c3ccc(OCCCC)cc3)n2)cc1. The second-order valence-corrected chi connectivity index (χ2v) is 6.80. The van der Waals surface area contributed by atoms with Crippen molar-refractivity contribution in [3.05, 3.63) is 54.1 Å². The van der Waals surface area contributed by atoms with Gasteiger partial charge >= 0.3 is 0 Å². The minimum atomic E-state index is 0.525. The molecule has 4 nitrogen and oxygen atoms in total. The highest BCUT2D eigenvalue weighted by atomic mass is 16.5. The Kier molecular flexibility index (Phi) is 7.03. The second-order valence-electron chi connectivity index (χ2n) is 6.80. The first kappa shape index (κ1) is 19.2. The van der Waals surface area contributed by atoms with E-state index in [-0.39, 0.29) is 0 Å². The van der Waals surface area contributed by atoms with Crippen molar-refractivity contribution in [3.63, 3.8) is 0 Å². The van der Waals surface area contributed by atoms with Crippen LogP contribution in [0.4, 0.5) is 0 Å². The number of nitrogens with zero attached hydrogens (tertiary/aromatic N) is 2. The molecule has 1 aromatic heterocycles. The maximum Gasteiger partial charge on any atom is 0.258 e. The molecule has 0 amide bonds. The van der Waals surface area contributed by atoms with Gasteiger partial charge in [0, 0.05) is 11.1 Å². The van der Waals surface area contributed by atoms with Crippen LogP contribution in [0.3, 0.4) is 0 Å². The Bertz CT molecular complexity index is 739. The Morgan fingerprint density at radius 3 is 2.22 bits per heavy atom. The van der Waals surface area contributed by atoms with E-state index in [0.29, 0.717) is 11.7 Å². The first-order valence-electron chi connectivity index (χ1n) is 9.96. The van der Waals surface area contributed by atoms with Gasteiger partial charge in [-0.05, 0) is 49.1 Å². The van der Waals surface area contributed by atoms with Crippen LogP contribution in [0.5, 0.6) is 5.75 Å². The molecule has 0 aliphatic rings. The molecule has 0 spiro atoms. The molecule has 0 fully saturated rings. The number of ether oxygens (including phenoxy) is 1. The molecule has 4 heteroatoms. The van der Waals surface area contributed by atoms with Crippen LogP contribution in [0.2, 0.25) is 0 Å². The zero-order valence-electron chi connectivity index (χ0n) is 16.3. The average molecular weight is 364 g/mol. The van der Waals surface area contributed by atoms with Gasteiger partial charge in [0.05, 0.1) is 6.61 Å². The number of benzene rings is 2. The molecule has 3 aromatic rings. The number of unbranched alkanes of at least 4 members (excludes halogenated alkanes) is 3. The summed E-state index contributed by atoms with van der Waals surface area (Å²) < 4.78 is 11.1. The normalized spacial score (nSPS) is 10.9. The summed E-state index contributed by atoms with van der Waals surface area (Å²) in [5.74, 6) is 2.01. The van der Waals surface area contributed by atoms with Gasteiger partial charge in [-0.25, -0.2) is 0 Å². The summed E-state index contributed by atoms with van der Waals surface area (Å²) in [5.41, 5.74) is 3.23. The molecule has 0 unspecified atom stereocenters. The largest absolute Gasteiger partial charge is 0.494 e. The fourth-order valence-corrected chi connectivity index (χ4v) is 2.89. The molecule has 0 radical (unpaired) electrons. The van der Waals surface area contributed by atoms with Crippen LogP contribution in [-0.2, 0) is 6.42 Å². The smallest absolute Gasteiger partial charge is 0.258 e. The molecule has 3 rings (SSSR count). The topological polar surface area (TPSA) is 48.2 Å². The van der Waals surface area contributed by atoms with Crippen molar-refractivity contribution < 1.29 is 9.26 Å². The van der Waals surface area contributed by atoms with E-state index in [1.807, 2.05) is 24.3 Å². The zero-order chi connectivity index (χ0) is 18.9. The summed E-state index contributed by atoms with van der Waals surface area (Å²) in [7, 11) is 0. The lowest BCUT2D eigenvalue weighted by Gasteiger charge is -2.04. The fraction of sp³-hybridized carbons (Fsp3) is 0.391. The summed E-state index contributed by atoms with van der Waals surface area (Å²) in [6, 6.07) is 16.2. The fourth-order valence-electron chi connectivity index (χ4n) is 2.89. The molecular weight excluding hydrogens is 336 g/mol. The molecule has 1 heterocycles. The predicted molar refractivity (Wildman–Crippen MR) is 109 cm³/mol. The molecule has 2 aromatic carbocycles. The third kappa shape index (κ3) is 5.43. The highest BCUT2D eigenvalue weighted by Gasteiger charge is 2.11. The lowest BCUT2D eigenvalue weighted by molar-refractivity contribution is 0.309. The number of hydrogen-bond donors (Lipinski definition) is 0. The number of aromatic nitrogens is 2. The molecule has 142 valence electrons. The molecule has 0 saturated carbocycles.